The van der Waals surface area contributed by atoms with E-state index in [1.165, 1.54) is 0 Å². The van der Waals surface area contributed by atoms with Gasteiger partial charge in [-0.2, -0.15) is 13.2 Å². The Balaban J connectivity index is 2.21. The molecule has 0 spiro atoms. The van der Waals surface area contributed by atoms with Gasteiger partial charge in [0.25, 0.3) is 0 Å². The molecule has 0 aliphatic heterocycles. The molecule has 1 aromatic heterocycles. The van der Waals surface area contributed by atoms with Crippen LogP contribution in [0.1, 0.15) is 37.9 Å². The van der Waals surface area contributed by atoms with Crippen molar-refractivity contribution in [3.05, 3.63) is 66.1 Å². The summed E-state index contributed by atoms with van der Waals surface area (Å²) in [6.07, 6.45) is -0.881. The molecule has 6 N–H and O–H groups in total. The van der Waals surface area contributed by atoms with Crippen LogP contribution in [-0.2, 0) is 0 Å². The first kappa shape index (κ1) is 24.6. The molecule has 2 rings (SSSR count). The third-order valence-corrected chi connectivity index (χ3v) is 4.50. The van der Waals surface area contributed by atoms with E-state index in [-0.39, 0.29) is 17.8 Å². The van der Waals surface area contributed by atoms with Gasteiger partial charge in [-0.05, 0) is 36.1 Å². The van der Waals surface area contributed by atoms with E-state index < -0.39 is 11.9 Å². The molecule has 32 heavy (non-hydrogen) atoms. The van der Waals surface area contributed by atoms with Crippen LogP contribution in [0.3, 0.4) is 0 Å². The van der Waals surface area contributed by atoms with Crippen molar-refractivity contribution in [1.29, 1.82) is 5.41 Å². The molecule has 6 nitrogen and oxygen atoms in total. The minimum atomic E-state index is -4.74. The van der Waals surface area contributed by atoms with Gasteiger partial charge in [0.1, 0.15) is 11.6 Å². The van der Waals surface area contributed by atoms with Gasteiger partial charge >= 0.3 is 6.18 Å². The van der Waals surface area contributed by atoms with E-state index in [4.69, 9.17) is 16.9 Å². The number of allylic oxidation sites excluding steroid dienone is 1. The van der Waals surface area contributed by atoms with Gasteiger partial charge in [0.2, 0.25) is 0 Å². The average Bonchev–Trinajstić information content (AvgIpc) is 2.70. The van der Waals surface area contributed by atoms with Crippen LogP contribution in [0.25, 0.3) is 16.8 Å². The molecule has 1 unspecified atom stereocenters. The summed E-state index contributed by atoms with van der Waals surface area (Å²) in [5.74, 6) is 0.618. The Morgan fingerprint density at radius 2 is 1.81 bits per heavy atom. The van der Waals surface area contributed by atoms with Crippen LogP contribution in [0.2, 0.25) is 0 Å². The third kappa shape index (κ3) is 6.69. The topological polar surface area (TPSA) is 113 Å². The maximum atomic E-state index is 12.6. The summed E-state index contributed by atoms with van der Waals surface area (Å²) >= 11 is 0. The molecular formula is C23H27F3N6. The van der Waals surface area contributed by atoms with Gasteiger partial charge in [-0.25, -0.2) is 9.98 Å². The molecule has 170 valence electrons. The lowest BCUT2D eigenvalue weighted by molar-refractivity contribution is -0.0571. The van der Waals surface area contributed by atoms with Crippen molar-refractivity contribution in [1.82, 2.24) is 10.3 Å². The van der Waals surface area contributed by atoms with E-state index in [1.807, 2.05) is 51.1 Å². The van der Waals surface area contributed by atoms with Crippen LogP contribution in [-0.4, -0.2) is 23.1 Å². The Bertz CT molecular complexity index is 1040. The first-order valence-electron chi connectivity index (χ1n) is 9.87. The van der Waals surface area contributed by atoms with Gasteiger partial charge in [-0.1, -0.05) is 44.7 Å². The number of alkyl halides is 3. The molecular weight excluding hydrogens is 417 g/mol. The van der Waals surface area contributed by atoms with Crippen molar-refractivity contribution in [2.24, 2.45) is 16.6 Å². The minimum absolute atomic E-state index is 0.0498. The van der Waals surface area contributed by atoms with E-state index in [9.17, 15) is 13.2 Å². The molecule has 9 heteroatoms. The highest BCUT2D eigenvalue weighted by Gasteiger charge is 2.33. The largest absolute Gasteiger partial charge is 0.434 e. The molecule has 0 saturated carbocycles. The highest BCUT2D eigenvalue weighted by atomic mass is 19.4. The lowest BCUT2D eigenvalue weighted by Gasteiger charge is -2.17. The predicted octanol–water partition coefficient (Wildman–Crippen LogP) is 5.06. The summed E-state index contributed by atoms with van der Waals surface area (Å²) in [6.45, 7) is 9.34. The predicted molar refractivity (Wildman–Crippen MR) is 124 cm³/mol. The Morgan fingerprint density at radius 1 is 1.19 bits per heavy atom. The lowest BCUT2D eigenvalue weighted by Crippen LogP contribution is -2.24. The lowest BCUT2D eigenvalue weighted by atomic mass is 10.0. The Hall–Kier alpha value is -3.62. The fourth-order valence-corrected chi connectivity index (χ4v) is 2.81. The minimum Gasteiger partial charge on any atom is -0.399 e. The SMILES string of the molecule is C=C(N)c1cc(-c2ccc(C(C)NC(=C\C(C)C)/N=C\C(=N)C(F)(F)F)cc2)cnc1N. The van der Waals surface area contributed by atoms with Crippen LogP contribution in [0.5, 0.6) is 0 Å². The number of aromatic nitrogens is 1. The molecule has 1 aromatic carbocycles. The second kappa shape index (κ2) is 10.1. The van der Waals surface area contributed by atoms with Crippen molar-refractivity contribution in [3.8, 4) is 11.1 Å². The second-order valence-electron chi connectivity index (χ2n) is 7.64. The number of pyridine rings is 1. The molecule has 0 amide bonds. The van der Waals surface area contributed by atoms with Crippen LogP contribution in [0.4, 0.5) is 19.0 Å². The zero-order valence-electron chi connectivity index (χ0n) is 18.2. The molecule has 2 aromatic rings. The first-order chi connectivity index (χ1) is 14.9. The number of rotatable bonds is 8. The molecule has 0 saturated heterocycles. The molecule has 0 aliphatic carbocycles. The highest BCUT2D eigenvalue weighted by Crippen LogP contribution is 2.26. The summed E-state index contributed by atoms with van der Waals surface area (Å²) in [4.78, 5) is 7.99. The fourth-order valence-electron chi connectivity index (χ4n) is 2.81. The number of nitrogens with one attached hydrogen (secondary N) is 2. The van der Waals surface area contributed by atoms with Gasteiger partial charge in [0.05, 0.1) is 6.21 Å². The molecule has 0 aliphatic rings. The van der Waals surface area contributed by atoms with Gasteiger partial charge in [0, 0.05) is 29.1 Å². The van der Waals surface area contributed by atoms with Crippen molar-refractivity contribution >= 4 is 23.4 Å². The second-order valence-corrected chi connectivity index (χ2v) is 7.64. The van der Waals surface area contributed by atoms with Gasteiger partial charge in [-0.3, -0.25) is 5.41 Å². The summed E-state index contributed by atoms with van der Waals surface area (Å²) in [7, 11) is 0. The van der Waals surface area contributed by atoms with Crippen molar-refractivity contribution in [2.45, 2.75) is 33.0 Å². The quantitative estimate of drug-likeness (QED) is 0.426. The van der Waals surface area contributed by atoms with Crippen molar-refractivity contribution < 1.29 is 13.2 Å². The standard InChI is InChI=1S/C23H27F3N6/c1-13(2)9-21(30-12-20(28)23(24,25)26)32-15(4)16-5-7-17(8-6-16)18-10-19(14(3)27)22(29)31-11-18/h5-13,15,28,32H,3,27H2,1-2,4H3,(H2,29,31)/b21-9-,28-20?,30-12-. The maximum Gasteiger partial charge on any atom is 0.434 e. The number of halogens is 3. The smallest absolute Gasteiger partial charge is 0.399 e. The van der Waals surface area contributed by atoms with E-state index in [1.54, 1.807) is 12.3 Å². The fraction of sp³-hybridized carbons (Fsp3) is 0.261. The van der Waals surface area contributed by atoms with E-state index in [0.717, 1.165) is 16.7 Å². The van der Waals surface area contributed by atoms with Crippen molar-refractivity contribution in [2.75, 3.05) is 5.73 Å². The van der Waals surface area contributed by atoms with Crippen molar-refractivity contribution in [3.63, 3.8) is 0 Å². The third-order valence-electron chi connectivity index (χ3n) is 4.50. The van der Waals surface area contributed by atoms with E-state index in [2.05, 4.69) is 21.9 Å². The first-order valence-corrected chi connectivity index (χ1v) is 9.87. The van der Waals surface area contributed by atoms with E-state index >= 15 is 0 Å². The Labute approximate surface area is 185 Å². The summed E-state index contributed by atoms with van der Waals surface area (Å²) in [5.41, 5.74) is 13.6. The Morgan fingerprint density at radius 3 is 2.34 bits per heavy atom. The van der Waals surface area contributed by atoms with Gasteiger partial charge in [-0.15, -0.1) is 0 Å². The molecule has 0 radical (unpaired) electrons. The zero-order chi connectivity index (χ0) is 24.1. The van der Waals surface area contributed by atoms with Crippen LogP contribution in [0.15, 0.2) is 60.0 Å². The number of hydrogen-bond donors (Lipinski definition) is 4. The van der Waals surface area contributed by atoms with Crippen LogP contribution >= 0.6 is 0 Å². The number of nitrogens with zero attached hydrogens (tertiary/aromatic N) is 2. The Kier molecular flexibility index (Phi) is 7.80. The zero-order valence-corrected chi connectivity index (χ0v) is 18.2. The number of hydrogen-bond acceptors (Lipinski definition) is 6. The van der Waals surface area contributed by atoms with E-state index in [0.29, 0.717) is 23.3 Å². The monoisotopic (exact) mass is 444 g/mol. The number of benzene rings is 1. The molecule has 0 fully saturated rings. The summed E-state index contributed by atoms with van der Waals surface area (Å²) in [5, 5.41) is 10.2. The van der Waals surface area contributed by atoms with Crippen LogP contribution in [0, 0.1) is 11.3 Å². The molecule has 0 bridgehead atoms. The average molecular weight is 445 g/mol. The number of nitrogen functional groups attached to an aromatic ring is 1. The molecule has 1 atom stereocenters. The van der Waals surface area contributed by atoms with Crippen LogP contribution < -0.4 is 16.8 Å². The number of aliphatic imine (C=N–C) groups is 1. The normalized spacial score (nSPS) is 13.4. The highest BCUT2D eigenvalue weighted by molar-refractivity contribution is 6.31. The summed E-state index contributed by atoms with van der Waals surface area (Å²) < 4.78 is 37.7. The summed E-state index contributed by atoms with van der Waals surface area (Å²) in [6, 6.07) is 9.17. The number of anilines is 1. The van der Waals surface area contributed by atoms with Gasteiger partial charge < -0.3 is 16.8 Å². The molecule has 1 heterocycles. The van der Waals surface area contributed by atoms with Gasteiger partial charge in [0.15, 0.2) is 5.71 Å². The number of nitrogens with two attached hydrogens (primary N) is 2. The maximum absolute atomic E-state index is 12.6.